The second kappa shape index (κ2) is 14.7. The first kappa shape index (κ1) is 18.8. The van der Waals surface area contributed by atoms with Crippen LogP contribution in [0.15, 0.2) is 0 Å². The molecule has 1 saturated carbocycles. The predicted octanol–water partition coefficient (Wildman–Crippen LogP) is 3.85. The molecule has 0 aromatic heterocycles. The Morgan fingerprint density at radius 1 is 1.08 bits per heavy atom. The van der Waals surface area contributed by atoms with Crippen LogP contribution in [0.1, 0.15) is 53.9 Å². The first-order valence-electron chi connectivity index (χ1n) is 4.88. The lowest BCUT2D eigenvalue weighted by Crippen LogP contribution is -1.78. The molecule has 1 fully saturated rings. The summed E-state index contributed by atoms with van der Waals surface area (Å²) in [6.07, 6.45) is 9.22. The maximum atomic E-state index is 9.56. The molecule has 0 aromatic carbocycles. The first-order chi connectivity index (χ1) is 5.63. The van der Waals surface area contributed by atoms with Gasteiger partial charge in [0.25, 0.3) is 0 Å². The van der Waals surface area contributed by atoms with E-state index in [2.05, 4.69) is 6.92 Å². The van der Waals surface area contributed by atoms with Crippen molar-refractivity contribution in [1.29, 1.82) is 0 Å². The molecule has 2 heteroatoms. The summed E-state index contributed by atoms with van der Waals surface area (Å²) in [5, 5.41) is 0. The van der Waals surface area contributed by atoms with Crippen LogP contribution >= 0.6 is 0 Å². The Bertz CT molecular complexity index is 92.3. The highest BCUT2D eigenvalue weighted by Gasteiger charge is 2.07. The molecule has 0 bridgehead atoms. The van der Waals surface area contributed by atoms with Gasteiger partial charge < -0.3 is 0 Å². The van der Waals surface area contributed by atoms with Gasteiger partial charge in [-0.05, 0) is 5.92 Å². The highest BCUT2D eigenvalue weighted by atomic mass is 32.2. The second-order valence-electron chi connectivity index (χ2n) is 3.13. The fraction of sp³-hybridized carbons (Fsp3) is 1.00. The highest BCUT2D eigenvalue weighted by Crippen LogP contribution is 2.22. The van der Waals surface area contributed by atoms with Crippen LogP contribution in [0.5, 0.6) is 0 Å². The molecule has 0 saturated heterocycles. The molecule has 0 unspecified atom stereocenters. The monoisotopic (exact) mass is 208 g/mol. The van der Waals surface area contributed by atoms with Gasteiger partial charge in [0.1, 0.15) is 0 Å². The summed E-state index contributed by atoms with van der Waals surface area (Å²) in [5.41, 5.74) is 0. The third-order valence-electron chi connectivity index (χ3n) is 1.64. The molecule has 84 valence electrons. The summed E-state index contributed by atoms with van der Waals surface area (Å²) in [6.45, 7) is 6.34. The maximum Gasteiger partial charge on any atom is 0.0148 e. The van der Waals surface area contributed by atoms with Crippen molar-refractivity contribution in [3.63, 3.8) is 0 Å². The lowest BCUT2D eigenvalue weighted by atomic mass is 10.2. The van der Waals surface area contributed by atoms with Gasteiger partial charge in [-0.15, -0.1) is 0 Å². The van der Waals surface area contributed by atoms with Crippen molar-refractivity contribution in [3.8, 4) is 0 Å². The SMILES string of the molecule is C.CC.CC1CCCC1.CS(C)=O. The number of hydrogen-bond acceptors (Lipinski definition) is 1. The molecule has 0 aliphatic heterocycles. The van der Waals surface area contributed by atoms with Crippen LogP contribution in [0, 0.1) is 5.92 Å². The molecule has 0 spiro atoms. The van der Waals surface area contributed by atoms with Gasteiger partial charge in [0.2, 0.25) is 0 Å². The summed E-state index contributed by atoms with van der Waals surface area (Å²) < 4.78 is 9.56. The van der Waals surface area contributed by atoms with Crippen molar-refractivity contribution in [3.05, 3.63) is 0 Å². The van der Waals surface area contributed by atoms with Crippen LogP contribution in [0.2, 0.25) is 0 Å². The van der Waals surface area contributed by atoms with Crippen LogP contribution in [-0.2, 0) is 10.8 Å². The van der Waals surface area contributed by atoms with E-state index < -0.39 is 10.8 Å². The number of hydrogen-bond donors (Lipinski definition) is 0. The minimum atomic E-state index is -0.611. The van der Waals surface area contributed by atoms with Gasteiger partial charge in [-0.2, -0.15) is 0 Å². The van der Waals surface area contributed by atoms with E-state index in [1.54, 1.807) is 12.5 Å². The average molecular weight is 208 g/mol. The third-order valence-corrected chi connectivity index (χ3v) is 1.64. The van der Waals surface area contributed by atoms with Gasteiger partial charge in [0, 0.05) is 23.3 Å². The van der Waals surface area contributed by atoms with Crippen LogP contribution in [-0.4, -0.2) is 16.7 Å². The molecular weight excluding hydrogens is 180 g/mol. The fourth-order valence-electron chi connectivity index (χ4n) is 1.13. The molecule has 1 rings (SSSR count). The Morgan fingerprint density at radius 3 is 1.38 bits per heavy atom. The van der Waals surface area contributed by atoms with Gasteiger partial charge in [-0.1, -0.05) is 53.9 Å². The van der Waals surface area contributed by atoms with Gasteiger partial charge in [-0.25, -0.2) is 0 Å². The van der Waals surface area contributed by atoms with E-state index in [1.165, 1.54) is 25.7 Å². The van der Waals surface area contributed by atoms with Crippen molar-refractivity contribution >= 4 is 10.8 Å². The second-order valence-corrected chi connectivity index (χ2v) is 4.61. The van der Waals surface area contributed by atoms with E-state index in [0.717, 1.165) is 5.92 Å². The minimum Gasteiger partial charge on any atom is -0.260 e. The van der Waals surface area contributed by atoms with E-state index in [1.807, 2.05) is 13.8 Å². The van der Waals surface area contributed by atoms with Gasteiger partial charge in [-0.3, -0.25) is 4.21 Å². The zero-order chi connectivity index (χ0) is 9.98. The molecular formula is C11H28OS. The smallest absolute Gasteiger partial charge is 0.0148 e. The van der Waals surface area contributed by atoms with Crippen LogP contribution in [0.25, 0.3) is 0 Å². The van der Waals surface area contributed by atoms with E-state index in [0.29, 0.717) is 0 Å². The largest absolute Gasteiger partial charge is 0.260 e. The quantitative estimate of drug-likeness (QED) is 0.591. The van der Waals surface area contributed by atoms with E-state index in [-0.39, 0.29) is 7.43 Å². The van der Waals surface area contributed by atoms with Gasteiger partial charge in [0.15, 0.2) is 0 Å². The van der Waals surface area contributed by atoms with E-state index in [4.69, 9.17) is 0 Å². The summed E-state index contributed by atoms with van der Waals surface area (Å²) in [7, 11) is -0.611. The minimum absolute atomic E-state index is 0. The Kier molecular flexibility index (Phi) is 21.3. The molecule has 0 radical (unpaired) electrons. The Balaban J connectivity index is -0.000000128. The standard InChI is InChI=1S/C6H12.C2H6OS.C2H6.CH4/c1-6-4-2-3-5-6;1-4(2)3;1-2;/h6H,2-5H2,1H3;1-2H3;1-2H3;1H4. The van der Waals surface area contributed by atoms with Crippen molar-refractivity contribution in [1.82, 2.24) is 0 Å². The van der Waals surface area contributed by atoms with Gasteiger partial charge in [0.05, 0.1) is 0 Å². The third kappa shape index (κ3) is 24.5. The van der Waals surface area contributed by atoms with Crippen molar-refractivity contribution in [2.75, 3.05) is 12.5 Å². The molecule has 1 nitrogen and oxygen atoms in total. The Morgan fingerprint density at radius 2 is 1.31 bits per heavy atom. The van der Waals surface area contributed by atoms with E-state index in [9.17, 15) is 4.21 Å². The van der Waals surface area contributed by atoms with Crippen molar-refractivity contribution in [2.24, 2.45) is 5.92 Å². The molecule has 1 aliphatic carbocycles. The zero-order valence-electron chi connectivity index (χ0n) is 9.22. The van der Waals surface area contributed by atoms with Crippen molar-refractivity contribution < 1.29 is 4.21 Å². The molecule has 0 N–H and O–H groups in total. The van der Waals surface area contributed by atoms with Crippen LogP contribution in [0.4, 0.5) is 0 Å². The summed E-state index contributed by atoms with van der Waals surface area (Å²) >= 11 is 0. The van der Waals surface area contributed by atoms with Crippen LogP contribution in [0.3, 0.4) is 0 Å². The lowest BCUT2D eigenvalue weighted by molar-refractivity contribution is 0.612. The Labute approximate surface area is 87.8 Å². The summed E-state index contributed by atoms with van der Waals surface area (Å²) in [4.78, 5) is 0. The fourth-order valence-corrected chi connectivity index (χ4v) is 1.13. The molecule has 0 amide bonds. The normalized spacial score (nSPS) is 14.9. The summed E-state index contributed by atoms with van der Waals surface area (Å²) in [6, 6.07) is 0. The number of rotatable bonds is 0. The average Bonchev–Trinajstić information content (AvgIpc) is 2.43. The molecule has 0 heterocycles. The molecule has 0 aromatic rings. The van der Waals surface area contributed by atoms with E-state index >= 15 is 0 Å². The van der Waals surface area contributed by atoms with Crippen LogP contribution < -0.4 is 0 Å². The van der Waals surface area contributed by atoms with Gasteiger partial charge >= 0.3 is 0 Å². The Hall–Kier alpha value is 0.150. The topological polar surface area (TPSA) is 17.1 Å². The maximum absolute atomic E-state index is 9.56. The predicted molar refractivity (Wildman–Crippen MR) is 65.7 cm³/mol. The molecule has 1 aliphatic rings. The molecule has 0 atom stereocenters. The summed E-state index contributed by atoms with van der Waals surface area (Å²) in [5.74, 6) is 1.05. The highest BCUT2D eigenvalue weighted by molar-refractivity contribution is 7.83. The lowest BCUT2D eigenvalue weighted by Gasteiger charge is -1.91. The first-order valence-corrected chi connectivity index (χ1v) is 6.84. The zero-order valence-corrected chi connectivity index (χ0v) is 10.0. The van der Waals surface area contributed by atoms with Crippen molar-refractivity contribution in [2.45, 2.75) is 53.9 Å². The molecule has 13 heavy (non-hydrogen) atoms.